The number of aliphatic hydroxyl groups excluding tert-OH is 2. The van der Waals surface area contributed by atoms with Crippen LogP contribution in [0.4, 0.5) is 0 Å². The first-order valence-electron chi connectivity index (χ1n) is 12.8. The SMILES string of the molecule is CC(O)C(=O)O.CC(O)CCN.CCCCCCCCCCCCCCCCCC(N)=O. The van der Waals surface area contributed by atoms with Gasteiger partial charge < -0.3 is 26.8 Å². The number of unbranched alkanes of at least 4 members (excludes halogenated alkanes) is 14. The highest BCUT2D eigenvalue weighted by Crippen LogP contribution is 2.13. The third kappa shape index (κ3) is 42.8. The average Bonchev–Trinajstić information content (AvgIpc) is 2.71. The molecule has 0 bridgehead atoms. The van der Waals surface area contributed by atoms with E-state index in [4.69, 9.17) is 26.8 Å². The maximum atomic E-state index is 10.6. The fraction of sp³-hybridized carbons (Fsp3) is 0.920. The number of carboxylic acids is 1. The molecule has 0 saturated heterocycles. The van der Waals surface area contributed by atoms with Crippen LogP contribution in [0.3, 0.4) is 0 Å². The molecule has 32 heavy (non-hydrogen) atoms. The summed E-state index contributed by atoms with van der Waals surface area (Å²) >= 11 is 0. The van der Waals surface area contributed by atoms with Gasteiger partial charge in [-0.15, -0.1) is 0 Å². The van der Waals surface area contributed by atoms with Crippen molar-refractivity contribution in [3.05, 3.63) is 0 Å². The van der Waals surface area contributed by atoms with Crippen molar-refractivity contribution in [1.29, 1.82) is 0 Å². The fourth-order valence-corrected chi connectivity index (χ4v) is 2.91. The number of aliphatic carboxylic acids is 1. The standard InChI is InChI=1S/C18H37NO.C4H11NO.C3H6O3/c1-2-3-4-5-6-7-8-9-10-11-12-13-14-15-16-17-18(19)20;1-4(6)2-3-5;1-2(4)3(5)6/h2-17H2,1H3,(H2,19,20);4,6H,2-3,5H2,1H3;2,4H,1H3,(H,5,6). The number of hydrogen-bond donors (Lipinski definition) is 5. The number of hydrogen-bond acceptors (Lipinski definition) is 5. The van der Waals surface area contributed by atoms with Crippen LogP contribution in [0.1, 0.15) is 130 Å². The van der Waals surface area contributed by atoms with Gasteiger partial charge in [0.25, 0.3) is 0 Å². The van der Waals surface area contributed by atoms with E-state index in [9.17, 15) is 9.59 Å². The summed E-state index contributed by atoms with van der Waals surface area (Å²) < 4.78 is 0. The minimum atomic E-state index is -1.23. The second kappa shape index (κ2) is 29.8. The fourth-order valence-electron chi connectivity index (χ4n) is 2.91. The molecule has 0 aromatic carbocycles. The Hall–Kier alpha value is -1.18. The second-order valence-electron chi connectivity index (χ2n) is 8.61. The van der Waals surface area contributed by atoms with Gasteiger partial charge >= 0.3 is 5.97 Å². The first kappa shape index (κ1) is 35.4. The van der Waals surface area contributed by atoms with Crippen molar-refractivity contribution in [3.63, 3.8) is 0 Å². The third-order valence-electron chi connectivity index (χ3n) is 4.97. The Bertz CT molecular complexity index is 391. The molecule has 194 valence electrons. The van der Waals surface area contributed by atoms with Crippen LogP contribution in [-0.2, 0) is 9.59 Å². The lowest BCUT2D eigenvalue weighted by atomic mass is 10.0. The van der Waals surface area contributed by atoms with E-state index in [1.807, 2.05) is 0 Å². The molecule has 0 saturated carbocycles. The molecule has 1 amide bonds. The van der Waals surface area contributed by atoms with Crippen LogP contribution in [0, 0.1) is 0 Å². The van der Waals surface area contributed by atoms with E-state index in [-0.39, 0.29) is 12.0 Å². The van der Waals surface area contributed by atoms with Crippen molar-refractivity contribution >= 4 is 11.9 Å². The number of carboxylic acid groups (broad SMARTS) is 1. The quantitative estimate of drug-likeness (QED) is 0.172. The zero-order chi connectivity index (χ0) is 25.0. The first-order valence-corrected chi connectivity index (χ1v) is 12.8. The topological polar surface area (TPSA) is 147 Å². The molecular weight excluding hydrogens is 408 g/mol. The van der Waals surface area contributed by atoms with Crippen LogP contribution in [0.5, 0.6) is 0 Å². The van der Waals surface area contributed by atoms with Crippen molar-refractivity contribution in [2.45, 2.75) is 142 Å². The molecule has 7 nitrogen and oxygen atoms in total. The van der Waals surface area contributed by atoms with Crippen molar-refractivity contribution < 1.29 is 24.9 Å². The van der Waals surface area contributed by atoms with E-state index in [1.165, 1.54) is 96.8 Å². The highest BCUT2D eigenvalue weighted by atomic mass is 16.4. The van der Waals surface area contributed by atoms with Gasteiger partial charge in [0.15, 0.2) is 0 Å². The minimum Gasteiger partial charge on any atom is -0.479 e. The molecule has 0 aliphatic carbocycles. The Labute approximate surface area is 197 Å². The van der Waals surface area contributed by atoms with E-state index >= 15 is 0 Å². The predicted molar refractivity (Wildman–Crippen MR) is 133 cm³/mol. The van der Waals surface area contributed by atoms with Gasteiger partial charge in [0.2, 0.25) is 5.91 Å². The van der Waals surface area contributed by atoms with Crippen molar-refractivity contribution in [2.75, 3.05) is 6.54 Å². The van der Waals surface area contributed by atoms with Gasteiger partial charge in [-0.05, 0) is 33.2 Å². The van der Waals surface area contributed by atoms with Crippen LogP contribution >= 0.6 is 0 Å². The number of primary amides is 1. The lowest BCUT2D eigenvalue weighted by Gasteiger charge is -2.03. The smallest absolute Gasteiger partial charge is 0.332 e. The molecule has 0 spiro atoms. The highest BCUT2D eigenvalue weighted by Gasteiger charge is 2.01. The third-order valence-corrected chi connectivity index (χ3v) is 4.97. The number of carbonyl (C=O) groups is 2. The average molecular weight is 463 g/mol. The molecule has 0 radical (unpaired) electrons. The monoisotopic (exact) mass is 462 g/mol. The Morgan fingerprint density at radius 3 is 1.22 bits per heavy atom. The van der Waals surface area contributed by atoms with Gasteiger partial charge in [0.1, 0.15) is 6.10 Å². The molecule has 0 aliphatic rings. The summed E-state index contributed by atoms with van der Waals surface area (Å²) in [4.78, 5) is 20.0. The van der Waals surface area contributed by atoms with Crippen LogP contribution in [0.2, 0.25) is 0 Å². The molecule has 0 aromatic rings. The predicted octanol–water partition coefficient (Wildman–Crippen LogP) is 4.90. The van der Waals surface area contributed by atoms with Gasteiger partial charge in [-0.3, -0.25) is 4.79 Å². The van der Waals surface area contributed by atoms with Crippen LogP contribution in [-0.4, -0.2) is 45.9 Å². The van der Waals surface area contributed by atoms with E-state index in [0.717, 1.165) is 6.42 Å². The molecule has 0 heterocycles. The van der Waals surface area contributed by atoms with Crippen LogP contribution in [0.25, 0.3) is 0 Å². The number of aliphatic hydroxyl groups is 2. The number of nitrogens with two attached hydrogens (primary N) is 2. The molecule has 7 heteroatoms. The normalized spacial score (nSPS) is 12.1. The molecule has 2 atom stereocenters. The number of carbonyl (C=O) groups excluding carboxylic acids is 1. The van der Waals surface area contributed by atoms with Crippen LogP contribution < -0.4 is 11.5 Å². The van der Waals surface area contributed by atoms with E-state index in [0.29, 0.717) is 19.4 Å². The highest BCUT2D eigenvalue weighted by molar-refractivity contribution is 5.73. The van der Waals surface area contributed by atoms with E-state index < -0.39 is 12.1 Å². The lowest BCUT2D eigenvalue weighted by Crippen LogP contribution is -2.13. The summed E-state index contributed by atoms with van der Waals surface area (Å²) in [6, 6.07) is 0. The summed E-state index contributed by atoms with van der Waals surface area (Å²) in [6.07, 6.45) is 20.1. The summed E-state index contributed by atoms with van der Waals surface area (Å²) in [6.45, 7) is 5.78. The zero-order valence-corrected chi connectivity index (χ0v) is 21.2. The minimum absolute atomic E-state index is 0.153. The largest absolute Gasteiger partial charge is 0.479 e. The number of rotatable bonds is 19. The molecule has 0 aliphatic heterocycles. The molecular formula is C25H54N2O5. The summed E-state index contributed by atoms with van der Waals surface area (Å²) in [5.41, 5.74) is 10.2. The Kier molecular flexibility index (Phi) is 33.0. The number of amides is 1. The van der Waals surface area contributed by atoms with Gasteiger partial charge in [-0.25, -0.2) is 4.79 Å². The van der Waals surface area contributed by atoms with Crippen molar-refractivity contribution in [2.24, 2.45) is 11.5 Å². The zero-order valence-electron chi connectivity index (χ0n) is 21.2. The van der Waals surface area contributed by atoms with Gasteiger partial charge in [0.05, 0.1) is 6.10 Å². The molecule has 0 fully saturated rings. The summed E-state index contributed by atoms with van der Waals surface area (Å²) in [7, 11) is 0. The lowest BCUT2D eigenvalue weighted by molar-refractivity contribution is -0.145. The second-order valence-corrected chi connectivity index (χ2v) is 8.61. The van der Waals surface area contributed by atoms with Crippen LogP contribution in [0.15, 0.2) is 0 Å². The first-order chi connectivity index (χ1) is 15.2. The molecule has 7 N–H and O–H groups in total. The Morgan fingerprint density at radius 2 is 1.03 bits per heavy atom. The Balaban J connectivity index is -0.000000571. The molecule has 0 rings (SSSR count). The van der Waals surface area contributed by atoms with Crippen molar-refractivity contribution in [1.82, 2.24) is 0 Å². The van der Waals surface area contributed by atoms with E-state index in [2.05, 4.69) is 6.92 Å². The van der Waals surface area contributed by atoms with Gasteiger partial charge in [-0.2, -0.15) is 0 Å². The van der Waals surface area contributed by atoms with Gasteiger partial charge in [0, 0.05) is 6.42 Å². The summed E-state index contributed by atoms with van der Waals surface area (Å²) in [5.74, 6) is -1.34. The molecule has 0 aromatic heterocycles. The molecule has 2 unspecified atom stereocenters. The maximum Gasteiger partial charge on any atom is 0.332 e. The van der Waals surface area contributed by atoms with E-state index in [1.54, 1.807) is 6.92 Å². The summed E-state index contributed by atoms with van der Waals surface area (Å²) in [5, 5.41) is 24.2. The van der Waals surface area contributed by atoms with Crippen molar-refractivity contribution in [3.8, 4) is 0 Å². The van der Waals surface area contributed by atoms with Gasteiger partial charge in [-0.1, -0.05) is 96.8 Å². The Morgan fingerprint density at radius 1 is 0.719 bits per heavy atom. The maximum absolute atomic E-state index is 10.6.